The number of hydrogen-bond acceptors (Lipinski definition) is 5. The molecule has 0 aliphatic carbocycles. The van der Waals surface area contributed by atoms with Crippen LogP contribution < -0.4 is 0 Å². The van der Waals surface area contributed by atoms with Gasteiger partial charge < -0.3 is 8.98 Å². The van der Waals surface area contributed by atoms with Gasteiger partial charge in [-0.25, -0.2) is 4.98 Å². The van der Waals surface area contributed by atoms with Crippen LogP contribution in [0.25, 0.3) is 83.9 Å². The zero-order chi connectivity index (χ0) is 53.1. The van der Waals surface area contributed by atoms with Gasteiger partial charge in [0.2, 0.25) is 5.71 Å². The van der Waals surface area contributed by atoms with Crippen LogP contribution in [0.2, 0.25) is 0 Å². The van der Waals surface area contributed by atoms with Crippen LogP contribution in [0.15, 0.2) is 144 Å². The number of nitrogens with zero attached hydrogens (tertiary/aromatic N) is 5. The molecule has 10 rings (SSSR count). The molecule has 387 valence electrons. The fourth-order valence-corrected chi connectivity index (χ4v) is 9.60. The number of aromatic nitrogens is 5. The van der Waals surface area contributed by atoms with E-state index in [9.17, 15) is 0 Å². The Balaban J connectivity index is 0.000000375. The van der Waals surface area contributed by atoms with Crippen LogP contribution in [-0.4, -0.2) is 24.5 Å². The average molecular weight is 1170 g/mol. The van der Waals surface area contributed by atoms with Crippen LogP contribution in [0.3, 0.4) is 0 Å². The van der Waals surface area contributed by atoms with Crippen molar-refractivity contribution in [2.45, 2.75) is 144 Å². The van der Waals surface area contributed by atoms with E-state index in [-0.39, 0.29) is 53.6 Å². The molecule has 0 saturated carbocycles. The van der Waals surface area contributed by atoms with Crippen LogP contribution in [0.4, 0.5) is 0 Å². The summed E-state index contributed by atoms with van der Waals surface area (Å²) in [5.41, 5.74) is 18.4. The number of hydrogen-bond donors (Lipinski definition) is 0. The van der Waals surface area contributed by atoms with Gasteiger partial charge in [-0.3, -0.25) is 15.0 Å². The summed E-state index contributed by atoms with van der Waals surface area (Å²) in [6.07, 6.45) is 1.81. The van der Waals surface area contributed by atoms with E-state index in [1.54, 1.807) is 0 Å². The molecular formula is C68H73IrN5O-2. The second kappa shape index (κ2) is 20.9. The fraction of sp³-hybridized carbons (Fsp3) is 0.324. The first-order chi connectivity index (χ1) is 34.9. The van der Waals surface area contributed by atoms with E-state index >= 15 is 0 Å². The Labute approximate surface area is 459 Å². The molecule has 1 radical (unpaired) electrons. The van der Waals surface area contributed by atoms with Crippen LogP contribution in [0, 0.1) is 12.1 Å². The molecule has 0 bridgehead atoms. The minimum Gasteiger partial charge on any atom is -0.486 e. The zero-order valence-corrected chi connectivity index (χ0v) is 49.3. The number of imidazole rings is 1. The maximum Gasteiger partial charge on any atom is 0.216 e. The molecule has 10 aromatic rings. The number of pyridine rings is 1. The molecule has 4 heterocycles. The third kappa shape index (κ3) is 11.4. The minimum atomic E-state index is -0.00143. The predicted molar refractivity (Wildman–Crippen MR) is 311 cm³/mol. The molecule has 0 aliphatic rings. The standard InChI is InChI=1S/C54H58N3O.C14H15N2.Ir/c1-32(2)43-29-35(34-21-23-37(24-22-34)52(5,6)7)30-44(33(3)4)48(43)57-47-20-15-14-19-46(47)55-50(57)42-18-16-17-40-41-25-26-45(56-51(41)58-49(40)42)36-27-38(53(8,9)10)31-39(28-36)54(11,12)13;1-14(2,3)12-9-10-15-13(16-12)11-7-5-4-6-8-11;/h14-17,19-33H,1-13H3;4-7,9-10H,1-3H3;/q2*-1;. The number of fused-ring (bicyclic) bond motifs is 4. The molecule has 4 aromatic heterocycles. The third-order valence-corrected chi connectivity index (χ3v) is 14.1. The van der Waals surface area contributed by atoms with Crippen LogP contribution in [0.5, 0.6) is 0 Å². The molecule has 7 heteroatoms. The summed E-state index contributed by atoms with van der Waals surface area (Å²) in [6, 6.07) is 54.2. The Morgan fingerprint density at radius 3 is 1.73 bits per heavy atom. The van der Waals surface area contributed by atoms with Gasteiger partial charge in [0.05, 0.1) is 34.0 Å². The molecule has 0 N–H and O–H groups in total. The first-order valence-electron chi connectivity index (χ1n) is 26.3. The van der Waals surface area contributed by atoms with Gasteiger partial charge in [0.15, 0.2) is 0 Å². The van der Waals surface area contributed by atoms with E-state index in [2.05, 4.69) is 235 Å². The van der Waals surface area contributed by atoms with Crippen molar-refractivity contribution < 1.29 is 24.5 Å². The molecule has 0 unspecified atom stereocenters. The number of furan rings is 1. The molecule has 75 heavy (non-hydrogen) atoms. The largest absolute Gasteiger partial charge is 0.486 e. The van der Waals surface area contributed by atoms with Crippen molar-refractivity contribution in [3.8, 4) is 50.8 Å². The summed E-state index contributed by atoms with van der Waals surface area (Å²) in [5.74, 6) is 2.05. The fourth-order valence-electron chi connectivity index (χ4n) is 9.60. The van der Waals surface area contributed by atoms with Gasteiger partial charge in [-0.05, 0) is 122 Å². The summed E-state index contributed by atoms with van der Waals surface area (Å²) in [7, 11) is 0. The molecule has 0 atom stereocenters. The van der Waals surface area contributed by atoms with Crippen molar-refractivity contribution in [2.24, 2.45) is 0 Å². The minimum absolute atomic E-state index is 0. The van der Waals surface area contributed by atoms with Crippen LogP contribution in [-0.2, 0) is 41.8 Å². The van der Waals surface area contributed by atoms with Crippen molar-refractivity contribution in [1.29, 1.82) is 0 Å². The predicted octanol–water partition coefficient (Wildman–Crippen LogP) is 18.5. The number of rotatable bonds is 7. The second-order valence-corrected chi connectivity index (χ2v) is 24.7. The van der Waals surface area contributed by atoms with E-state index in [1.165, 1.54) is 44.6 Å². The monoisotopic (exact) mass is 1170 g/mol. The number of benzene rings is 6. The van der Waals surface area contributed by atoms with Gasteiger partial charge in [0.25, 0.3) is 0 Å². The topological polar surface area (TPSA) is 69.6 Å². The maximum absolute atomic E-state index is 6.85. The normalized spacial score (nSPS) is 12.4. The second-order valence-electron chi connectivity index (χ2n) is 24.7. The molecule has 0 saturated heterocycles. The van der Waals surface area contributed by atoms with Crippen LogP contribution in [0.1, 0.15) is 156 Å². The Kier molecular flexibility index (Phi) is 15.2. The van der Waals surface area contributed by atoms with Crippen molar-refractivity contribution in [3.63, 3.8) is 0 Å². The first-order valence-corrected chi connectivity index (χ1v) is 26.3. The van der Waals surface area contributed by atoms with E-state index in [4.69, 9.17) is 14.4 Å². The van der Waals surface area contributed by atoms with Gasteiger partial charge in [-0.1, -0.05) is 164 Å². The zero-order valence-electron chi connectivity index (χ0n) is 46.9. The Morgan fingerprint density at radius 2 is 1.15 bits per heavy atom. The summed E-state index contributed by atoms with van der Waals surface area (Å²) < 4.78 is 9.22. The van der Waals surface area contributed by atoms with Gasteiger partial charge in [0, 0.05) is 54.0 Å². The maximum atomic E-state index is 6.85. The van der Waals surface area contributed by atoms with Gasteiger partial charge in [0.1, 0.15) is 0 Å². The van der Waals surface area contributed by atoms with E-state index < -0.39 is 0 Å². The summed E-state index contributed by atoms with van der Waals surface area (Å²) in [4.78, 5) is 19.4. The Morgan fingerprint density at radius 1 is 0.520 bits per heavy atom. The van der Waals surface area contributed by atoms with Gasteiger partial charge >= 0.3 is 0 Å². The molecule has 6 aromatic carbocycles. The molecule has 0 aliphatic heterocycles. The molecule has 0 fully saturated rings. The van der Waals surface area contributed by atoms with Gasteiger partial charge in [-0.15, -0.1) is 54.1 Å². The summed E-state index contributed by atoms with van der Waals surface area (Å²) in [6.45, 7) is 36.1. The quantitative estimate of drug-likeness (QED) is 0.149. The summed E-state index contributed by atoms with van der Waals surface area (Å²) >= 11 is 0. The molecule has 0 amide bonds. The molecule has 6 nitrogen and oxygen atoms in total. The smallest absolute Gasteiger partial charge is 0.216 e. The number of para-hydroxylation sites is 2. The molecule has 0 spiro atoms. The first kappa shape index (κ1) is 54.7. The molecular weight excluding hydrogens is 1090 g/mol. The Hall–Kier alpha value is -6.53. The summed E-state index contributed by atoms with van der Waals surface area (Å²) in [5, 5.41) is 1.98. The SMILES string of the molecule is CC(C)(C)c1ccnc(-c2[c-]cccc2)n1.CC(C)c1cc(-c2ccc(C(C)(C)C)cc2)cc(C(C)C)c1-n1c(-c2[c-]ccc3c2oc2nc(-c4cc(C(C)(C)C)cc(C(C)(C)C)c4)ccc23)nc2ccccc21.[Ir]. The van der Waals surface area contributed by atoms with Crippen molar-refractivity contribution in [1.82, 2.24) is 24.5 Å². The van der Waals surface area contributed by atoms with Crippen LogP contribution >= 0.6 is 0 Å². The van der Waals surface area contributed by atoms with Crippen molar-refractivity contribution in [2.75, 3.05) is 0 Å². The van der Waals surface area contributed by atoms with E-state index in [1.807, 2.05) is 42.6 Å². The van der Waals surface area contributed by atoms with Crippen molar-refractivity contribution >= 4 is 33.1 Å². The van der Waals surface area contributed by atoms with Gasteiger partial charge in [-0.2, -0.15) is 0 Å². The van der Waals surface area contributed by atoms with E-state index in [0.717, 1.165) is 67.1 Å². The van der Waals surface area contributed by atoms with E-state index in [0.29, 0.717) is 5.71 Å². The average Bonchev–Trinajstić information content (AvgIpc) is 3.94. The Bertz CT molecular complexity index is 3580. The van der Waals surface area contributed by atoms with Crippen molar-refractivity contribution in [3.05, 3.63) is 185 Å². The third-order valence-electron chi connectivity index (χ3n) is 14.1.